The molecule has 0 radical (unpaired) electrons. The van der Waals surface area contributed by atoms with E-state index in [9.17, 15) is 14.4 Å². The lowest BCUT2D eigenvalue weighted by atomic mass is 10.1. The first-order chi connectivity index (χ1) is 13.0. The molecule has 136 valence electrons. The van der Waals surface area contributed by atoms with Crippen molar-refractivity contribution in [1.82, 2.24) is 0 Å². The highest BCUT2D eigenvalue weighted by Gasteiger charge is 2.21. The molecule has 7 nitrogen and oxygen atoms in total. The summed E-state index contributed by atoms with van der Waals surface area (Å²) in [4.78, 5) is 35.0. The first-order valence-corrected chi connectivity index (χ1v) is 8.27. The summed E-state index contributed by atoms with van der Waals surface area (Å²) in [7, 11) is 0. The maximum Gasteiger partial charge on any atom is 0.338 e. The molecule has 27 heavy (non-hydrogen) atoms. The molecule has 0 aliphatic carbocycles. The maximum absolute atomic E-state index is 12.1. The molecule has 1 amide bonds. The first kappa shape index (κ1) is 16.8. The molecule has 1 aromatic heterocycles. The van der Waals surface area contributed by atoms with Crippen LogP contribution in [-0.2, 0) is 16.1 Å². The van der Waals surface area contributed by atoms with Crippen molar-refractivity contribution >= 4 is 28.5 Å². The van der Waals surface area contributed by atoms with Gasteiger partial charge in [-0.05, 0) is 42.8 Å². The van der Waals surface area contributed by atoms with E-state index in [1.807, 2.05) is 6.92 Å². The van der Waals surface area contributed by atoms with Crippen LogP contribution in [0.5, 0.6) is 5.75 Å². The highest BCUT2D eigenvalue weighted by Crippen LogP contribution is 2.24. The van der Waals surface area contributed by atoms with E-state index in [0.29, 0.717) is 22.6 Å². The predicted octanol–water partition coefficient (Wildman–Crippen LogP) is 2.79. The Labute approximate surface area is 153 Å². The molecular formula is C20H15NO6. The third-order valence-electron chi connectivity index (χ3n) is 4.26. The van der Waals surface area contributed by atoms with Gasteiger partial charge in [0.05, 0.1) is 5.56 Å². The molecule has 0 fully saturated rings. The molecule has 0 saturated heterocycles. The van der Waals surface area contributed by atoms with Crippen molar-refractivity contribution in [2.45, 2.75) is 13.5 Å². The number of ether oxygens (including phenoxy) is 2. The number of fused-ring (bicyclic) bond motifs is 2. The number of nitrogens with one attached hydrogen (secondary N) is 1. The monoisotopic (exact) mass is 365 g/mol. The van der Waals surface area contributed by atoms with Crippen LogP contribution in [0.25, 0.3) is 11.0 Å². The molecule has 2 aromatic carbocycles. The Morgan fingerprint density at radius 2 is 2.00 bits per heavy atom. The summed E-state index contributed by atoms with van der Waals surface area (Å²) in [6, 6.07) is 11.4. The van der Waals surface area contributed by atoms with Crippen molar-refractivity contribution in [1.29, 1.82) is 0 Å². The summed E-state index contributed by atoms with van der Waals surface area (Å²) < 4.78 is 15.6. The Hall–Kier alpha value is -3.61. The van der Waals surface area contributed by atoms with E-state index < -0.39 is 5.63 Å². The zero-order chi connectivity index (χ0) is 19.0. The fourth-order valence-corrected chi connectivity index (χ4v) is 2.95. The van der Waals surface area contributed by atoms with E-state index in [2.05, 4.69) is 5.32 Å². The molecular weight excluding hydrogens is 350 g/mol. The SMILES string of the molecule is Cc1cc(=O)oc2cc(OCC(=O)Nc3ccc4c(c3)COC4=O)ccc12. The van der Waals surface area contributed by atoms with Crippen molar-refractivity contribution < 1.29 is 23.5 Å². The van der Waals surface area contributed by atoms with Gasteiger partial charge in [-0.15, -0.1) is 0 Å². The largest absolute Gasteiger partial charge is 0.484 e. The van der Waals surface area contributed by atoms with E-state index in [1.54, 1.807) is 36.4 Å². The molecule has 0 bridgehead atoms. The number of benzene rings is 2. The molecule has 0 saturated carbocycles. The number of hydrogen-bond donors (Lipinski definition) is 1. The van der Waals surface area contributed by atoms with E-state index in [4.69, 9.17) is 13.9 Å². The number of anilines is 1. The van der Waals surface area contributed by atoms with Crippen LogP contribution in [0.15, 0.2) is 51.7 Å². The Bertz CT molecular complexity index is 1130. The van der Waals surface area contributed by atoms with Crippen LogP contribution in [0.4, 0.5) is 5.69 Å². The zero-order valence-corrected chi connectivity index (χ0v) is 14.4. The lowest BCUT2D eigenvalue weighted by molar-refractivity contribution is -0.118. The second-order valence-electron chi connectivity index (χ2n) is 6.19. The molecule has 3 aromatic rings. The molecule has 2 heterocycles. The van der Waals surface area contributed by atoms with E-state index in [0.717, 1.165) is 16.5 Å². The van der Waals surface area contributed by atoms with Gasteiger partial charge in [0.2, 0.25) is 0 Å². The Kier molecular flexibility index (Phi) is 4.12. The number of cyclic esters (lactones) is 1. The number of amides is 1. The number of aryl methyl sites for hydroxylation is 1. The number of carbonyl (C=O) groups excluding carboxylic acids is 2. The van der Waals surface area contributed by atoms with Crippen molar-refractivity contribution in [2.24, 2.45) is 0 Å². The van der Waals surface area contributed by atoms with Gasteiger partial charge in [-0.3, -0.25) is 4.79 Å². The highest BCUT2D eigenvalue weighted by atomic mass is 16.5. The molecule has 1 aliphatic heterocycles. The third kappa shape index (κ3) is 3.39. The molecule has 4 rings (SSSR count). The second kappa shape index (κ2) is 6.60. The molecule has 1 N–H and O–H groups in total. The quantitative estimate of drug-likeness (QED) is 0.564. The van der Waals surface area contributed by atoms with Gasteiger partial charge in [0, 0.05) is 28.8 Å². The van der Waals surface area contributed by atoms with Gasteiger partial charge in [0.15, 0.2) is 6.61 Å². The van der Waals surface area contributed by atoms with Gasteiger partial charge in [-0.25, -0.2) is 9.59 Å². The molecule has 0 atom stereocenters. The fourth-order valence-electron chi connectivity index (χ4n) is 2.95. The molecule has 1 aliphatic rings. The lowest BCUT2D eigenvalue weighted by Gasteiger charge is -2.09. The fraction of sp³-hybridized carbons (Fsp3) is 0.150. The van der Waals surface area contributed by atoms with Gasteiger partial charge in [-0.1, -0.05) is 0 Å². The van der Waals surface area contributed by atoms with Crippen LogP contribution in [-0.4, -0.2) is 18.5 Å². The highest BCUT2D eigenvalue weighted by molar-refractivity contribution is 5.96. The van der Waals surface area contributed by atoms with Gasteiger partial charge in [0.25, 0.3) is 5.91 Å². The minimum absolute atomic E-state index is 0.204. The zero-order valence-electron chi connectivity index (χ0n) is 14.4. The maximum atomic E-state index is 12.1. The average Bonchev–Trinajstić information content (AvgIpc) is 3.00. The summed E-state index contributed by atoms with van der Waals surface area (Å²) in [5, 5.41) is 3.51. The van der Waals surface area contributed by atoms with E-state index in [-0.39, 0.29) is 25.1 Å². The average molecular weight is 365 g/mol. The van der Waals surface area contributed by atoms with E-state index in [1.165, 1.54) is 6.07 Å². The second-order valence-corrected chi connectivity index (χ2v) is 6.19. The summed E-state index contributed by atoms with van der Waals surface area (Å²) in [6.07, 6.45) is 0. The van der Waals surface area contributed by atoms with Crippen LogP contribution in [0.1, 0.15) is 21.5 Å². The Balaban J connectivity index is 1.43. The minimum atomic E-state index is -0.436. The van der Waals surface area contributed by atoms with Crippen LogP contribution >= 0.6 is 0 Å². The topological polar surface area (TPSA) is 94.8 Å². The molecule has 0 unspecified atom stereocenters. The van der Waals surface area contributed by atoms with Gasteiger partial charge in [0.1, 0.15) is 17.9 Å². The van der Waals surface area contributed by atoms with Gasteiger partial charge >= 0.3 is 11.6 Å². The summed E-state index contributed by atoms with van der Waals surface area (Å²) in [5.41, 5.74) is 2.58. The number of hydrogen-bond acceptors (Lipinski definition) is 6. The van der Waals surface area contributed by atoms with Gasteiger partial charge < -0.3 is 19.2 Å². The van der Waals surface area contributed by atoms with Crippen LogP contribution < -0.4 is 15.7 Å². The van der Waals surface area contributed by atoms with Crippen molar-refractivity contribution in [2.75, 3.05) is 11.9 Å². The van der Waals surface area contributed by atoms with E-state index >= 15 is 0 Å². The normalized spacial score (nSPS) is 12.6. The number of esters is 1. The first-order valence-electron chi connectivity index (χ1n) is 8.27. The predicted molar refractivity (Wildman–Crippen MR) is 96.9 cm³/mol. The standard InChI is InChI=1S/C20H15NO6/c1-11-6-19(23)27-17-8-14(3-5-15(11)17)25-10-18(22)21-13-2-4-16-12(7-13)9-26-20(16)24/h2-8H,9-10H2,1H3,(H,21,22). The van der Waals surface area contributed by atoms with Crippen LogP contribution in [0, 0.1) is 6.92 Å². The lowest BCUT2D eigenvalue weighted by Crippen LogP contribution is -2.20. The van der Waals surface area contributed by atoms with Crippen LogP contribution in [0.2, 0.25) is 0 Å². The smallest absolute Gasteiger partial charge is 0.338 e. The van der Waals surface area contributed by atoms with Gasteiger partial charge in [-0.2, -0.15) is 0 Å². The van der Waals surface area contributed by atoms with Crippen molar-refractivity contribution in [3.05, 3.63) is 69.6 Å². The van der Waals surface area contributed by atoms with Crippen molar-refractivity contribution in [3.8, 4) is 5.75 Å². The minimum Gasteiger partial charge on any atom is -0.484 e. The summed E-state index contributed by atoms with van der Waals surface area (Å²) in [5.74, 6) is -0.297. The summed E-state index contributed by atoms with van der Waals surface area (Å²) >= 11 is 0. The number of carbonyl (C=O) groups is 2. The molecule has 7 heteroatoms. The van der Waals surface area contributed by atoms with Crippen LogP contribution in [0.3, 0.4) is 0 Å². The summed E-state index contributed by atoms with van der Waals surface area (Å²) in [6.45, 7) is 1.81. The Morgan fingerprint density at radius 3 is 2.85 bits per heavy atom. The molecule has 0 spiro atoms. The third-order valence-corrected chi connectivity index (χ3v) is 4.26. The Morgan fingerprint density at radius 1 is 1.15 bits per heavy atom. The van der Waals surface area contributed by atoms with Crippen molar-refractivity contribution in [3.63, 3.8) is 0 Å². The number of rotatable bonds is 4.